The fraction of sp³-hybridized carbons (Fsp3) is 0.417. The number of nitrogens with zero attached hydrogens (tertiary/aromatic N) is 1. The van der Waals surface area contributed by atoms with Crippen LogP contribution in [-0.4, -0.2) is 37.0 Å². The summed E-state index contributed by atoms with van der Waals surface area (Å²) >= 11 is 12.1. The first-order chi connectivity index (χ1) is 8.18. The Balaban J connectivity index is 0.00000162. The highest BCUT2D eigenvalue weighted by atomic mass is 35.5. The van der Waals surface area contributed by atoms with Crippen molar-refractivity contribution in [1.29, 1.82) is 0 Å². The number of carbonyl (C=O) groups excluding carboxylic acids is 1. The second-order valence-electron chi connectivity index (χ2n) is 4.01. The van der Waals surface area contributed by atoms with Crippen LogP contribution in [0.25, 0.3) is 0 Å². The second-order valence-corrected chi connectivity index (χ2v) is 4.82. The first kappa shape index (κ1) is 15.6. The molecule has 1 saturated heterocycles. The summed E-state index contributed by atoms with van der Waals surface area (Å²) in [5, 5.41) is 4.32. The Bertz CT molecular complexity index is 400. The number of amides is 1. The molecule has 1 fully saturated rings. The minimum absolute atomic E-state index is 0. The lowest BCUT2D eigenvalue weighted by Crippen LogP contribution is -2.47. The Morgan fingerprint density at radius 3 is 2.33 bits per heavy atom. The summed E-state index contributed by atoms with van der Waals surface area (Å²) in [6.07, 6.45) is 0.276. The summed E-state index contributed by atoms with van der Waals surface area (Å²) in [7, 11) is 0. The molecule has 2 rings (SSSR count). The lowest BCUT2D eigenvalue weighted by atomic mass is 10.1. The molecule has 0 bridgehead atoms. The van der Waals surface area contributed by atoms with Crippen LogP contribution in [0.1, 0.15) is 5.56 Å². The molecule has 1 aromatic rings. The average molecular weight is 310 g/mol. The van der Waals surface area contributed by atoms with Gasteiger partial charge in [0.25, 0.3) is 0 Å². The topological polar surface area (TPSA) is 32.3 Å². The lowest BCUT2D eigenvalue weighted by Gasteiger charge is -2.27. The number of rotatable bonds is 2. The van der Waals surface area contributed by atoms with E-state index in [-0.39, 0.29) is 24.7 Å². The molecule has 3 nitrogen and oxygen atoms in total. The minimum atomic E-state index is 0. The maximum Gasteiger partial charge on any atom is 0.227 e. The molecule has 1 aliphatic rings. The van der Waals surface area contributed by atoms with Gasteiger partial charge >= 0.3 is 0 Å². The van der Waals surface area contributed by atoms with E-state index < -0.39 is 0 Å². The van der Waals surface area contributed by atoms with Gasteiger partial charge in [-0.25, -0.2) is 0 Å². The number of hydrogen-bond donors (Lipinski definition) is 1. The first-order valence-electron chi connectivity index (χ1n) is 5.60. The van der Waals surface area contributed by atoms with Crippen molar-refractivity contribution < 1.29 is 4.79 Å². The second kappa shape index (κ2) is 7.19. The fourth-order valence-electron chi connectivity index (χ4n) is 1.88. The summed E-state index contributed by atoms with van der Waals surface area (Å²) in [5.74, 6) is 0.0847. The Labute approximate surface area is 123 Å². The Morgan fingerprint density at radius 1 is 1.22 bits per heavy atom. The van der Waals surface area contributed by atoms with Gasteiger partial charge in [0.1, 0.15) is 0 Å². The van der Waals surface area contributed by atoms with Crippen LogP contribution < -0.4 is 5.32 Å². The van der Waals surface area contributed by atoms with Crippen LogP contribution in [0.4, 0.5) is 0 Å². The molecule has 0 aromatic heterocycles. The SMILES string of the molecule is Cl.O=C(Cc1c(Cl)cccc1Cl)N1CCNCC1. The van der Waals surface area contributed by atoms with Crippen molar-refractivity contribution in [2.24, 2.45) is 0 Å². The van der Waals surface area contributed by atoms with Gasteiger partial charge in [0.2, 0.25) is 5.91 Å². The van der Waals surface area contributed by atoms with E-state index in [0.717, 1.165) is 31.7 Å². The number of hydrogen-bond acceptors (Lipinski definition) is 2. The van der Waals surface area contributed by atoms with E-state index in [4.69, 9.17) is 23.2 Å². The molecule has 1 amide bonds. The van der Waals surface area contributed by atoms with Crippen LogP contribution in [0.3, 0.4) is 0 Å². The normalized spacial score (nSPS) is 15.1. The van der Waals surface area contributed by atoms with Crippen molar-refractivity contribution in [2.75, 3.05) is 26.2 Å². The van der Waals surface area contributed by atoms with Crippen LogP contribution in [0.2, 0.25) is 10.0 Å². The van der Waals surface area contributed by atoms with E-state index in [0.29, 0.717) is 10.0 Å². The van der Waals surface area contributed by atoms with Crippen molar-refractivity contribution in [1.82, 2.24) is 10.2 Å². The summed E-state index contributed by atoms with van der Waals surface area (Å²) in [6, 6.07) is 5.30. The molecule has 0 radical (unpaired) electrons. The summed E-state index contributed by atoms with van der Waals surface area (Å²) in [4.78, 5) is 13.9. The monoisotopic (exact) mass is 308 g/mol. The molecule has 1 aliphatic heterocycles. The number of nitrogens with one attached hydrogen (secondary N) is 1. The van der Waals surface area contributed by atoms with Gasteiger partial charge in [-0.15, -0.1) is 12.4 Å². The highest BCUT2D eigenvalue weighted by Crippen LogP contribution is 2.25. The maximum atomic E-state index is 12.1. The van der Waals surface area contributed by atoms with E-state index in [1.165, 1.54) is 0 Å². The van der Waals surface area contributed by atoms with Gasteiger partial charge in [-0.1, -0.05) is 29.3 Å². The molecule has 6 heteroatoms. The predicted octanol–water partition coefficient (Wildman–Crippen LogP) is 2.39. The van der Waals surface area contributed by atoms with Gasteiger partial charge in [0.15, 0.2) is 0 Å². The Morgan fingerprint density at radius 2 is 1.78 bits per heavy atom. The molecule has 0 atom stereocenters. The standard InChI is InChI=1S/C12H14Cl2N2O.ClH/c13-10-2-1-3-11(14)9(10)8-12(17)16-6-4-15-5-7-16;/h1-3,15H,4-8H2;1H. The molecule has 18 heavy (non-hydrogen) atoms. The van der Waals surface area contributed by atoms with Crippen molar-refractivity contribution >= 4 is 41.5 Å². The Hall–Kier alpha value is -0.480. The summed E-state index contributed by atoms with van der Waals surface area (Å²) in [6.45, 7) is 3.20. The van der Waals surface area contributed by atoms with Gasteiger partial charge in [0.05, 0.1) is 6.42 Å². The zero-order chi connectivity index (χ0) is 12.3. The summed E-state index contributed by atoms with van der Waals surface area (Å²) < 4.78 is 0. The lowest BCUT2D eigenvalue weighted by molar-refractivity contribution is -0.131. The highest BCUT2D eigenvalue weighted by Gasteiger charge is 2.18. The molecule has 0 aliphatic carbocycles. The average Bonchev–Trinajstić information content (AvgIpc) is 2.35. The van der Waals surface area contributed by atoms with Gasteiger partial charge < -0.3 is 10.2 Å². The smallest absolute Gasteiger partial charge is 0.227 e. The van der Waals surface area contributed by atoms with E-state index in [9.17, 15) is 4.79 Å². The minimum Gasteiger partial charge on any atom is -0.340 e. The van der Waals surface area contributed by atoms with E-state index in [2.05, 4.69) is 5.32 Å². The largest absolute Gasteiger partial charge is 0.340 e. The maximum absolute atomic E-state index is 12.1. The van der Waals surface area contributed by atoms with Crippen molar-refractivity contribution in [2.45, 2.75) is 6.42 Å². The van der Waals surface area contributed by atoms with Gasteiger partial charge in [0, 0.05) is 36.2 Å². The van der Waals surface area contributed by atoms with Gasteiger partial charge in [-0.3, -0.25) is 4.79 Å². The molecule has 0 unspecified atom stereocenters. The van der Waals surface area contributed by atoms with Crippen LogP contribution in [0.5, 0.6) is 0 Å². The third-order valence-electron chi connectivity index (χ3n) is 2.86. The van der Waals surface area contributed by atoms with Crippen LogP contribution in [0, 0.1) is 0 Å². The van der Waals surface area contributed by atoms with Crippen molar-refractivity contribution in [3.05, 3.63) is 33.8 Å². The Kier molecular flexibility index (Phi) is 6.22. The number of carbonyl (C=O) groups is 1. The van der Waals surface area contributed by atoms with E-state index in [1.807, 2.05) is 4.90 Å². The highest BCUT2D eigenvalue weighted by molar-refractivity contribution is 6.36. The van der Waals surface area contributed by atoms with Gasteiger partial charge in [-0.2, -0.15) is 0 Å². The molecular weight excluding hydrogens is 295 g/mol. The van der Waals surface area contributed by atoms with Gasteiger partial charge in [-0.05, 0) is 17.7 Å². The molecule has 1 aromatic carbocycles. The zero-order valence-electron chi connectivity index (χ0n) is 9.79. The van der Waals surface area contributed by atoms with E-state index >= 15 is 0 Å². The van der Waals surface area contributed by atoms with Crippen LogP contribution in [0.15, 0.2) is 18.2 Å². The van der Waals surface area contributed by atoms with Crippen LogP contribution >= 0.6 is 35.6 Å². The number of piperazine rings is 1. The quantitative estimate of drug-likeness (QED) is 0.910. The fourth-order valence-corrected chi connectivity index (χ4v) is 2.41. The van der Waals surface area contributed by atoms with Crippen molar-refractivity contribution in [3.63, 3.8) is 0 Å². The third kappa shape index (κ3) is 3.75. The summed E-state index contributed by atoms with van der Waals surface area (Å²) in [5.41, 5.74) is 0.722. The molecule has 100 valence electrons. The third-order valence-corrected chi connectivity index (χ3v) is 3.57. The predicted molar refractivity (Wildman–Crippen MR) is 76.9 cm³/mol. The first-order valence-corrected chi connectivity index (χ1v) is 6.35. The zero-order valence-corrected chi connectivity index (χ0v) is 12.1. The molecule has 0 saturated carbocycles. The van der Waals surface area contributed by atoms with Crippen molar-refractivity contribution in [3.8, 4) is 0 Å². The number of benzene rings is 1. The molecular formula is C12H15Cl3N2O. The molecule has 1 N–H and O–H groups in total. The molecule has 0 spiro atoms. The molecule has 1 heterocycles. The van der Waals surface area contributed by atoms with Crippen LogP contribution in [-0.2, 0) is 11.2 Å². The van der Waals surface area contributed by atoms with E-state index in [1.54, 1.807) is 18.2 Å². The number of halogens is 3.